The van der Waals surface area contributed by atoms with Crippen LogP contribution >= 0.6 is 0 Å². The van der Waals surface area contributed by atoms with Gasteiger partial charge in [-0.15, -0.1) is 0 Å². The number of nitrogens with one attached hydrogen (secondary N) is 1. The molecule has 0 aliphatic carbocycles. The van der Waals surface area contributed by atoms with E-state index in [2.05, 4.69) is 15.3 Å². The Kier molecular flexibility index (Phi) is 5.08. The van der Waals surface area contributed by atoms with Crippen LogP contribution in [0.2, 0.25) is 0 Å². The van der Waals surface area contributed by atoms with Gasteiger partial charge < -0.3 is 9.88 Å². The normalized spacial score (nSPS) is 17.2. The largest absolute Gasteiger partial charge is 0.419 e. The molecule has 5 nitrogen and oxygen atoms in total. The molecule has 1 N–H and O–H groups in total. The molecule has 0 saturated carbocycles. The number of fused-ring (bicyclic) bond motifs is 1. The Morgan fingerprint density at radius 3 is 2.62 bits per heavy atom. The molecule has 29 heavy (non-hydrogen) atoms. The first-order valence-electron chi connectivity index (χ1n) is 9.28. The molecule has 1 aliphatic heterocycles. The highest BCUT2D eigenvalue weighted by Gasteiger charge is 2.31. The van der Waals surface area contributed by atoms with Crippen LogP contribution in [-0.4, -0.2) is 27.1 Å². The fourth-order valence-corrected chi connectivity index (χ4v) is 3.56. The van der Waals surface area contributed by atoms with E-state index in [4.69, 9.17) is 0 Å². The first kappa shape index (κ1) is 19.5. The molecular weight excluding hydrogens is 388 g/mol. The second kappa shape index (κ2) is 7.55. The van der Waals surface area contributed by atoms with Crippen molar-refractivity contribution in [3.05, 3.63) is 58.5 Å². The quantitative estimate of drug-likeness (QED) is 0.671. The highest BCUT2D eigenvalue weighted by Crippen LogP contribution is 2.29. The maximum Gasteiger partial charge on any atom is 0.419 e. The molecule has 152 valence electrons. The topological polar surface area (TPSA) is 59.8 Å². The first-order valence-corrected chi connectivity index (χ1v) is 9.28. The van der Waals surface area contributed by atoms with Crippen molar-refractivity contribution >= 4 is 10.8 Å². The standard InChI is InChI=1S/C20H18F4N4O/c21-17-9-15-12(3-6-28(19(15)29)7-4-14-2-1-5-25-14)8-16(17)18-26-10-13(11-27-18)20(22,23)24/h3,6,8-11,14,25H,1-2,4-5,7H2. The van der Waals surface area contributed by atoms with Gasteiger partial charge in [0.2, 0.25) is 0 Å². The average molecular weight is 406 g/mol. The van der Waals surface area contributed by atoms with Crippen molar-refractivity contribution in [2.45, 2.75) is 38.0 Å². The molecule has 3 heterocycles. The monoisotopic (exact) mass is 406 g/mol. The van der Waals surface area contributed by atoms with Crippen LogP contribution < -0.4 is 10.9 Å². The Morgan fingerprint density at radius 2 is 1.97 bits per heavy atom. The number of halogens is 4. The van der Waals surface area contributed by atoms with Crippen molar-refractivity contribution in [3.63, 3.8) is 0 Å². The molecule has 1 saturated heterocycles. The van der Waals surface area contributed by atoms with Gasteiger partial charge in [0.05, 0.1) is 16.5 Å². The summed E-state index contributed by atoms with van der Waals surface area (Å²) in [6.45, 7) is 1.51. The average Bonchev–Trinajstić information content (AvgIpc) is 3.21. The van der Waals surface area contributed by atoms with Crippen LogP contribution in [0.25, 0.3) is 22.2 Å². The fraction of sp³-hybridized carbons (Fsp3) is 0.350. The summed E-state index contributed by atoms with van der Waals surface area (Å²) in [6, 6.07) is 4.55. The Morgan fingerprint density at radius 1 is 1.21 bits per heavy atom. The number of aromatic nitrogens is 3. The van der Waals surface area contributed by atoms with E-state index in [9.17, 15) is 22.4 Å². The summed E-state index contributed by atoms with van der Waals surface area (Å²) in [7, 11) is 0. The minimum Gasteiger partial charge on any atom is -0.315 e. The molecule has 0 bridgehead atoms. The maximum absolute atomic E-state index is 14.6. The Hall–Kier alpha value is -2.81. The van der Waals surface area contributed by atoms with E-state index in [1.165, 1.54) is 6.07 Å². The molecule has 3 aromatic rings. The van der Waals surface area contributed by atoms with E-state index in [0.29, 0.717) is 30.4 Å². The molecule has 1 aromatic carbocycles. The molecule has 1 aliphatic rings. The molecule has 2 aromatic heterocycles. The number of rotatable bonds is 4. The summed E-state index contributed by atoms with van der Waals surface area (Å²) in [5, 5.41) is 4.06. The zero-order valence-electron chi connectivity index (χ0n) is 15.3. The third kappa shape index (κ3) is 4.00. The van der Waals surface area contributed by atoms with Gasteiger partial charge in [-0.2, -0.15) is 13.2 Å². The lowest BCUT2D eigenvalue weighted by Crippen LogP contribution is -2.26. The summed E-state index contributed by atoms with van der Waals surface area (Å²) in [5.41, 5.74) is -1.38. The number of benzene rings is 1. The zero-order chi connectivity index (χ0) is 20.6. The Balaban J connectivity index is 1.65. The van der Waals surface area contributed by atoms with Gasteiger partial charge in [0, 0.05) is 31.2 Å². The highest BCUT2D eigenvalue weighted by molar-refractivity contribution is 5.85. The van der Waals surface area contributed by atoms with Crippen molar-refractivity contribution in [3.8, 4) is 11.4 Å². The van der Waals surface area contributed by atoms with Gasteiger partial charge in [-0.25, -0.2) is 14.4 Å². The van der Waals surface area contributed by atoms with E-state index in [0.717, 1.165) is 31.9 Å². The minimum absolute atomic E-state index is 0.0569. The molecule has 1 unspecified atom stereocenters. The molecular formula is C20H18F4N4O. The molecule has 1 atom stereocenters. The predicted octanol–water partition coefficient (Wildman–Crippen LogP) is 3.76. The van der Waals surface area contributed by atoms with Gasteiger partial charge >= 0.3 is 6.18 Å². The van der Waals surface area contributed by atoms with Crippen LogP contribution in [0.4, 0.5) is 17.6 Å². The van der Waals surface area contributed by atoms with Gasteiger partial charge in [-0.1, -0.05) is 0 Å². The number of pyridine rings is 1. The third-order valence-electron chi connectivity index (χ3n) is 5.17. The van der Waals surface area contributed by atoms with E-state index in [1.54, 1.807) is 16.8 Å². The second-order valence-electron chi connectivity index (χ2n) is 7.11. The first-order chi connectivity index (χ1) is 13.8. The smallest absolute Gasteiger partial charge is 0.315 e. The van der Waals surface area contributed by atoms with E-state index in [1.807, 2.05) is 0 Å². The summed E-state index contributed by atoms with van der Waals surface area (Å²) >= 11 is 0. The second-order valence-corrected chi connectivity index (χ2v) is 7.11. The van der Waals surface area contributed by atoms with Crippen molar-refractivity contribution in [2.75, 3.05) is 6.54 Å². The number of hydrogen-bond donors (Lipinski definition) is 1. The number of nitrogens with zero attached hydrogens (tertiary/aromatic N) is 3. The molecule has 4 rings (SSSR count). The lowest BCUT2D eigenvalue weighted by Gasteiger charge is -2.12. The molecule has 0 radical (unpaired) electrons. The van der Waals surface area contributed by atoms with Gasteiger partial charge in [-0.05, 0) is 49.4 Å². The van der Waals surface area contributed by atoms with Crippen molar-refractivity contribution < 1.29 is 17.6 Å². The van der Waals surface area contributed by atoms with Gasteiger partial charge in [0.15, 0.2) is 5.82 Å². The van der Waals surface area contributed by atoms with Crippen LogP contribution in [0.3, 0.4) is 0 Å². The van der Waals surface area contributed by atoms with E-state index >= 15 is 0 Å². The van der Waals surface area contributed by atoms with Crippen LogP contribution in [0.5, 0.6) is 0 Å². The third-order valence-corrected chi connectivity index (χ3v) is 5.17. The molecule has 9 heteroatoms. The number of alkyl halides is 3. The predicted molar refractivity (Wildman–Crippen MR) is 99.8 cm³/mol. The van der Waals surface area contributed by atoms with E-state index < -0.39 is 17.6 Å². The number of hydrogen-bond acceptors (Lipinski definition) is 4. The Bertz CT molecular complexity index is 1090. The van der Waals surface area contributed by atoms with Crippen LogP contribution in [0, 0.1) is 5.82 Å². The lowest BCUT2D eigenvalue weighted by atomic mass is 10.1. The van der Waals surface area contributed by atoms with Crippen LogP contribution in [0.15, 0.2) is 41.6 Å². The molecule has 0 spiro atoms. The molecule has 1 fully saturated rings. The van der Waals surface area contributed by atoms with Crippen molar-refractivity contribution in [2.24, 2.45) is 0 Å². The zero-order valence-corrected chi connectivity index (χ0v) is 15.3. The SMILES string of the molecule is O=c1c2cc(F)c(-c3ncc(C(F)(F)F)cn3)cc2ccn1CCC1CCCN1. The summed E-state index contributed by atoms with van der Waals surface area (Å²) < 4.78 is 54.1. The van der Waals surface area contributed by atoms with Gasteiger partial charge in [0.25, 0.3) is 5.56 Å². The van der Waals surface area contributed by atoms with Gasteiger partial charge in [-0.3, -0.25) is 4.79 Å². The van der Waals surface area contributed by atoms with Crippen molar-refractivity contribution in [1.82, 2.24) is 19.9 Å². The van der Waals surface area contributed by atoms with Gasteiger partial charge in [0.1, 0.15) is 5.82 Å². The maximum atomic E-state index is 14.6. The fourth-order valence-electron chi connectivity index (χ4n) is 3.56. The highest BCUT2D eigenvalue weighted by atomic mass is 19.4. The summed E-state index contributed by atoms with van der Waals surface area (Å²) in [5.74, 6) is -0.932. The van der Waals surface area contributed by atoms with Crippen LogP contribution in [0.1, 0.15) is 24.8 Å². The lowest BCUT2D eigenvalue weighted by molar-refractivity contribution is -0.138. The van der Waals surface area contributed by atoms with E-state index in [-0.39, 0.29) is 22.3 Å². The number of aryl methyl sites for hydroxylation is 1. The van der Waals surface area contributed by atoms with Crippen LogP contribution in [-0.2, 0) is 12.7 Å². The summed E-state index contributed by atoms with van der Waals surface area (Å²) in [6.07, 6.45) is 1.31. The van der Waals surface area contributed by atoms with Crippen molar-refractivity contribution in [1.29, 1.82) is 0 Å². The Labute approximate surface area is 163 Å². The summed E-state index contributed by atoms with van der Waals surface area (Å²) in [4.78, 5) is 20.0. The molecule has 0 amide bonds. The minimum atomic E-state index is -4.57.